The third-order valence-corrected chi connectivity index (χ3v) is 3.74. The molecule has 6 heteroatoms. The van der Waals surface area contributed by atoms with Gasteiger partial charge in [0.1, 0.15) is 23.1 Å². The number of rotatable bonds is 4. The van der Waals surface area contributed by atoms with Crippen LogP contribution in [-0.2, 0) is 4.79 Å². The first-order chi connectivity index (χ1) is 11.4. The van der Waals surface area contributed by atoms with Gasteiger partial charge in [0, 0.05) is 22.3 Å². The van der Waals surface area contributed by atoms with E-state index in [2.05, 4.69) is 5.32 Å². The van der Waals surface area contributed by atoms with Gasteiger partial charge in [0.15, 0.2) is 0 Å². The second-order valence-electron chi connectivity index (χ2n) is 5.01. The number of carbonyl (C=O) groups excluding carboxylic acids is 1. The van der Waals surface area contributed by atoms with Gasteiger partial charge in [-0.3, -0.25) is 4.79 Å². The van der Waals surface area contributed by atoms with E-state index in [1.54, 1.807) is 30.3 Å². The number of nitrogens with zero attached hydrogens (tertiary/aromatic N) is 1. The number of methoxy groups -OCH3 is 1. The lowest BCUT2D eigenvalue weighted by Crippen LogP contribution is -2.13. The van der Waals surface area contributed by atoms with E-state index in [9.17, 15) is 15.2 Å². The first-order valence-corrected chi connectivity index (χ1v) is 7.38. The molecule has 0 aliphatic rings. The lowest BCUT2D eigenvalue weighted by Gasteiger charge is -2.07. The molecule has 0 saturated heterocycles. The summed E-state index contributed by atoms with van der Waals surface area (Å²) >= 11 is 6.01. The number of phenolic OH excluding ortho intramolecular Hbond substituents is 1. The molecule has 0 bridgehead atoms. The van der Waals surface area contributed by atoms with Crippen LogP contribution in [0, 0.1) is 18.3 Å². The number of phenols is 1. The molecule has 0 saturated carbocycles. The minimum Gasteiger partial charge on any atom is -0.507 e. The molecule has 2 rings (SSSR count). The fourth-order valence-electron chi connectivity index (χ4n) is 1.95. The van der Waals surface area contributed by atoms with Crippen LogP contribution < -0.4 is 10.1 Å². The molecule has 122 valence electrons. The van der Waals surface area contributed by atoms with E-state index in [-0.39, 0.29) is 11.3 Å². The van der Waals surface area contributed by atoms with Crippen LogP contribution in [0.5, 0.6) is 11.5 Å². The molecule has 0 spiro atoms. The molecule has 24 heavy (non-hydrogen) atoms. The summed E-state index contributed by atoms with van der Waals surface area (Å²) in [6, 6.07) is 11.5. The lowest BCUT2D eigenvalue weighted by atomic mass is 10.1. The molecule has 2 aromatic carbocycles. The number of halogens is 1. The van der Waals surface area contributed by atoms with E-state index in [0.717, 1.165) is 5.56 Å². The Morgan fingerprint density at radius 3 is 2.67 bits per heavy atom. The molecule has 0 aromatic heterocycles. The van der Waals surface area contributed by atoms with Gasteiger partial charge < -0.3 is 15.2 Å². The zero-order chi connectivity index (χ0) is 17.7. The van der Waals surface area contributed by atoms with Gasteiger partial charge in [0.25, 0.3) is 5.91 Å². The number of nitrogens with one attached hydrogen (secondary N) is 1. The summed E-state index contributed by atoms with van der Waals surface area (Å²) in [5, 5.41) is 22.3. The second-order valence-corrected chi connectivity index (χ2v) is 5.42. The predicted molar refractivity (Wildman–Crippen MR) is 93.1 cm³/mol. The van der Waals surface area contributed by atoms with Crippen molar-refractivity contribution < 1.29 is 14.6 Å². The first kappa shape index (κ1) is 17.4. The quantitative estimate of drug-likeness (QED) is 0.652. The van der Waals surface area contributed by atoms with Crippen LogP contribution in [0.3, 0.4) is 0 Å². The number of amides is 1. The van der Waals surface area contributed by atoms with Gasteiger partial charge in [-0.2, -0.15) is 5.26 Å². The SMILES string of the molecule is COc1ccc(/C=C(\C#N)C(=O)Nc2ccc(C)c(Cl)c2)c(O)c1. The zero-order valence-corrected chi connectivity index (χ0v) is 13.9. The maximum absolute atomic E-state index is 12.2. The lowest BCUT2D eigenvalue weighted by molar-refractivity contribution is -0.112. The Balaban J connectivity index is 2.25. The molecule has 2 N–H and O–H groups in total. The molecule has 0 fully saturated rings. The van der Waals surface area contributed by atoms with E-state index in [4.69, 9.17) is 16.3 Å². The highest BCUT2D eigenvalue weighted by molar-refractivity contribution is 6.31. The molecule has 0 radical (unpaired) electrons. The van der Waals surface area contributed by atoms with Crippen molar-refractivity contribution in [1.82, 2.24) is 0 Å². The van der Waals surface area contributed by atoms with Gasteiger partial charge in [-0.25, -0.2) is 0 Å². The average Bonchev–Trinajstić information content (AvgIpc) is 2.56. The summed E-state index contributed by atoms with van der Waals surface area (Å²) in [4.78, 5) is 12.2. The van der Waals surface area contributed by atoms with E-state index >= 15 is 0 Å². The Hall–Kier alpha value is -2.97. The highest BCUT2D eigenvalue weighted by Crippen LogP contribution is 2.26. The van der Waals surface area contributed by atoms with Gasteiger partial charge in [0.05, 0.1) is 7.11 Å². The number of nitriles is 1. The van der Waals surface area contributed by atoms with Crippen LogP contribution in [-0.4, -0.2) is 18.1 Å². The van der Waals surface area contributed by atoms with Crippen LogP contribution in [0.15, 0.2) is 42.0 Å². The van der Waals surface area contributed by atoms with Crippen LogP contribution in [0.2, 0.25) is 5.02 Å². The third-order valence-electron chi connectivity index (χ3n) is 3.33. The van der Waals surface area contributed by atoms with Crippen molar-refractivity contribution in [3.63, 3.8) is 0 Å². The predicted octanol–water partition coefficient (Wildman–Crippen LogP) is 3.91. The van der Waals surface area contributed by atoms with Gasteiger partial charge in [-0.1, -0.05) is 17.7 Å². The van der Waals surface area contributed by atoms with Gasteiger partial charge in [0.2, 0.25) is 0 Å². The zero-order valence-electron chi connectivity index (χ0n) is 13.1. The Bertz CT molecular complexity index is 854. The van der Waals surface area contributed by atoms with Gasteiger partial charge in [-0.15, -0.1) is 0 Å². The molecule has 0 aliphatic heterocycles. The minimum absolute atomic E-state index is 0.0896. The minimum atomic E-state index is -0.590. The summed E-state index contributed by atoms with van der Waals surface area (Å²) in [7, 11) is 1.48. The normalized spacial score (nSPS) is 10.8. The molecule has 5 nitrogen and oxygen atoms in total. The summed E-state index contributed by atoms with van der Waals surface area (Å²) in [6.45, 7) is 1.85. The number of benzene rings is 2. The van der Waals surface area contributed by atoms with Crippen molar-refractivity contribution in [2.75, 3.05) is 12.4 Å². The molecular formula is C18H15ClN2O3. The number of hydrogen-bond donors (Lipinski definition) is 2. The monoisotopic (exact) mass is 342 g/mol. The fraction of sp³-hybridized carbons (Fsp3) is 0.111. The fourth-order valence-corrected chi connectivity index (χ4v) is 2.13. The summed E-state index contributed by atoms with van der Waals surface area (Å²) in [6.07, 6.45) is 1.31. The molecule has 0 heterocycles. The van der Waals surface area contributed by atoms with Crippen molar-refractivity contribution in [3.8, 4) is 17.6 Å². The molecule has 2 aromatic rings. The first-order valence-electron chi connectivity index (χ1n) is 7.01. The maximum atomic E-state index is 12.2. The topological polar surface area (TPSA) is 82.3 Å². The smallest absolute Gasteiger partial charge is 0.266 e. The Morgan fingerprint density at radius 2 is 2.08 bits per heavy atom. The highest BCUT2D eigenvalue weighted by atomic mass is 35.5. The van der Waals surface area contributed by atoms with Crippen molar-refractivity contribution in [2.45, 2.75) is 6.92 Å². The summed E-state index contributed by atoms with van der Waals surface area (Å²) < 4.78 is 4.99. The van der Waals surface area contributed by atoms with Crippen LogP contribution in [0.4, 0.5) is 5.69 Å². The van der Waals surface area contributed by atoms with E-state index in [0.29, 0.717) is 22.0 Å². The number of anilines is 1. The number of aromatic hydroxyl groups is 1. The molecular weight excluding hydrogens is 328 g/mol. The van der Waals surface area contributed by atoms with E-state index in [1.165, 1.54) is 19.3 Å². The molecule has 0 unspecified atom stereocenters. The van der Waals surface area contributed by atoms with Crippen LogP contribution >= 0.6 is 11.6 Å². The molecule has 1 amide bonds. The largest absolute Gasteiger partial charge is 0.507 e. The maximum Gasteiger partial charge on any atom is 0.266 e. The third kappa shape index (κ3) is 4.06. The van der Waals surface area contributed by atoms with Crippen LogP contribution in [0.25, 0.3) is 6.08 Å². The second kappa shape index (κ2) is 7.53. The molecule has 0 atom stereocenters. The van der Waals surface area contributed by atoms with Crippen molar-refractivity contribution in [3.05, 3.63) is 58.1 Å². The number of aryl methyl sites for hydroxylation is 1. The average molecular weight is 343 g/mol. The van der Waals surface area contributed by atoms with E-state index < -0.39 is 5.91 Å². The Labute approximate surface area is 144 Å². The Kier molecular flexibility index (Phi) is 5.46. The van der Waals surface area contributed by atoms with Crippen molar-refractivity contribution >= 4 is 29.3 Å². The Morgan fingerprint density at radius 1 is 1.33 bits per heavy atom. The summed E-state index contributed by atoms with van der Waals surface area (Å²) in [5.41, 5.74) is 1.56. The van der Waals surface area contributed by atoms with E-state index in [1.807, 2.05) is 13.0 Å². The van der Waals surface area contributed by atoms with Crippen molar-refractivity contribution in [2.24, 2.45) is 0 Å². The standard InChI is InChI=1S/C18H15ClN2O3/c1-11-3-5-14(8-16(11)19)21-18(23)13(10-20)7-12-4-6-15(24-2)9-17(12)22/h3-9,22H,1-2H3,(H,21,23)/b13-7+. The van der Waals surface area contributed by atoms with Crippen molar-refractivity contribution in [1.29, 1.82) is 5.26 Å². The van der Waals surface area contributed by atoms with Crippen LogP contribution in [0.1, 0.15) is 11.1 Å². The number of hydrogen-bond acceptors (Lipinski definition) is 4. The number of carbonyl (C=O) groups is 1. The summed E-state index contributed by atoms with van der Waals surface area (Å²) in [5.74, 6) is -0.206. The highest BCUT2D eigenvalue weighted by Gasteiger charge is 2.12. The van der Waals surface area contributed by atoms with Gasteiger partial charge >= 0.3 is 0 Å². The molecule has 0 aliphatic carbocycles. The van der Waals surface area contributed by atoms with Gasteiger partial charge in [-0.05, 0) is 42.8 Å². The number of ether oxygens (including phenoxy) is 1.